The number of ether oxygens (including phenoxy) is 3. The van der Waals surface area contributed by atoms with Gasteiger partial charge in [0, 0.05) is 17.5 Å². The van der Waals surface area contributed by atoms with Gasteiger partial charge in [-0.3, -0.25) is 9.69 Å². The fourth-order valence-corrected chi connectivity index (χ4v) is 5.69. The van der Waals surface area contributed by atoms with Crippen molar-refractivity contribution in [1.29, 1.82) is 0 Å². The summed E-state index contributed by atoms with van der Waals surface area (Å²) in [5.74, 6) is 2.79. The lowest BCUT2D eigenvalue weighted by Gasteiger charge is -2.33. The van der Waals surface area contributed by atoms with Gasteiger partial charge in [-0.05, 0) is 74.2 Å². The third kappa shape index (κ3) is 6.09. The number of piperidine rings is 1. The Labute approximate surface area is 231 Å². The Hall–Kier alpha value is -3.84. The molecule has 0 spiro atoms. The topological polar surface area (TPSA) is 63.6 Å². The summed E-state index contributed by atoms with van der Waals surface area (Å²) in [4.78, 5) is 16.1. The second kappa shape index (κ2) is 12.3. The van der Waals surface area contributed by atoms with Gasteiger partial charge in [-0.25, -0.2) is 5.01 Å². The number of hydrazone groups is 1. The molecule has 204 valence electrons. The molecule has 2 heterocycles. The van der Waals surface area contributed by atoms with E-state index in [2.05, 4.69) is 35.2 Å². The number of hydrogen-bond acceptors (Lipinski definition) is 6. The molecule has 0 bridgehead atoms. The molecule has 7 nitrogen and oxygen atoms in total. The SMILES string of the molecule is COc1ccc(OC)c([C@H]2CC(c3ccccc3OC)=NN2C(=O)CN2CCC(Cc3ccccc3)CC2)c1. The van der Waals surface area contributed by atoms with Crippen molar-refractivity contribution in [2.24, 2.45) is 11.0 Å². The van der Waals surface area contributed by atoms with Gasteiger partial charge in [-0.1, -0.05) is 42.5 Å². The maximum Gasteiger partial charge on any atom is 0.257 e. The number of benzene rings is 3. The summed E-state index contributed by atoms with van der Waals surface area (Å²) in [6.45, 7) is 2.16. The van der Waals surface area contributed by atoms with E-state index in [4.69, 9.17) is 19.3 Å². The molecule has 3 aromatic carbocycles. The van der Waals surface area contributed by atoms with Crippen LogP contribution in [0.3, 0.4) is 0 Å². The highest BCUT2D eigenvalue weighted by molar-refractivity contribution is 6.05. The summed E-state index contributed by atoms with van der Waals surface area (Å²) in [5, 5.41) is 6.54. The van der Waals surface area contributed by atoms with Crippen molar-refractivity contribution in [3.63, 3.8) is 0 Å². The predicted octanol–water partition coefficient (Wildman–Crippen LogP) is 5.34. The van der Waals surface area contributed by atoms with Crippen molar-refractivity contribution >= 4 is 11.6 Å². The Balaban J connectivity index is 1.35. The number of para-hydroxylation sites is 1. The summed E-state index contributed by atoms with van der Waals surface area (Å²) in [6.07, 6.45) is 3.82. The van der Waals surface area contributed by atoms with Gasteiger partial charge in [0.1, 0.15) is 17.2 Å². The van der Waals surface area contributed by atoms with E-state index in [1.807, 2.05) is 42.5 Å². The summed E-state index contributed by atoms with van der Waals surface area (Å²) >= 11 is 0. The minimum Gasteiger partial charge on any atom is -0.497 e. The number of hydrogen-bond donors (Lipinski definition) is 0. The number of carbonyl (C=O) groups excluding carboxylic acids is 1. The molecule has 39 heavy (non-hydrogen) atoms. The van der Waals surface area contributed by atoms with Crippen molar-refractivity contribution in [1.82, 2.24) is 9.91 Å². The number of carbonyl (C=O) groups is 1. The van der Waals surface area contributed by atoms with Gasteiger partial charge in [0.2, 0.25) is 0 Å². The Morgan fingerprint density at radius 1 is 0.872 bits per heavy atom. The van der Waals surface area contributed by atoms with Crippen LogP contribution in [0.5, 0.6) is 17.2 Å². The van der Waals surface area contributed by atoms with E-state index in [-0.39, 0.29) is 11.9 Å². The molecule has 1 amide bonds. The van der Waals surface area contributed by atoms with Crippen molar-refractivity contribution in [3.05, 3.63) is 89.5 Å². The van der Waals surface area contributed by atoms with E-state index in [1.165, 1.54) is 5.56 Å². The first-order chi connectivity index (χ1) is 19.1. The largest absolute Gasteiger partial charge is 0.497 e. The van der Waals surface area contributed by atoms with Gasteiger partial charge in [0.25, 0.3) is 5.91 Å². The molecule has 0 aromatic heterocycles. The molecule has 0 radical (unpaired) electrons. The Morgan fingerprint density at radius 3 is 2.31 bits per heavy atom. The maximum atomic E-state index is 13.8. The van der Waals surface area contributed by atoms with Crippen LogP contribution in [0.4, 0.5) is 0 Å². The first kappa shape index (κ1) is 26.8. The lowest BCUT2D eigenvalue weighted by molar-refractivity contribution is -0.134. The normalized spacial score (nSPS) is 18.1. The van der Waals surface area contributed by atoms with Crippen molar-refractivity contribution < 1.29 is 19.0 Å². The van der Waals surface area contributed by atoms with E-state index >= 15 is 0 Å². The molecule has 2 aliphatic heterocycles. The molecular weight excluding hydrogens is 490 g/mol. The number of likely N-dealkylation sites (tertiary alicyclic amines) is 1. The van der Waals surface area contributed by atoms with Crippen LogP contribution in [0.25, 0.3) is 0 Å². The van der Waals surface area contributed by atoms with Crippen LogP contribution < -0.4 is 14.2 Å². The molecule has 1 atom stereocenters. The monoisotopic (exact) mass is 527 g/mol. The van der Waals surface area contributed by atoms with Crippen LogP contribution in [-0.2, 0) is 11.2 Å². The Kier molecular flexibility index (Phi) is 8.47. The lowest BCUT2D eigenvalue weighted by Crippen LogP contribution is -2.42. The van der Waals surface area contributed by atoms with Gasteiger partial charge >= 0.3 is 0 Å². The van der Waals surface area contributed by atoms with Crippen LogP contribution in [0.1, 0.15) is 42.0 Å². The highest BCUT2D eigenvalue weighted by Crippen LogP contribution is 2.40. The summed E-state index contributed by atoms with van der Waals surface area (Å²) in [7, 11) is 4.94. The molecule has 0 unspecified atom stereocenters. The smallest absolute Gasteiger partial charge is 0.257 e. The molecule has 2 aliphatic rings. The van der Waals surface area contributed by atoms with Crippen LogP contribution in [0, 0.1) is 5.92 Å². The molecule has 0 N–H and O–H groups in total. The number of rotatable bonds is 9. The van der Waals surface area contributed by atoms with E-state index in [0.29, 0.717) is 30.4 Å². The first-order valence-corrected chi connectivity index (χ1v) is 13.6. The summed E-state index contributed by atoms with van der Waals surface area (Å²) in [6, 6.07) is 23.9. The van der Waals surface area contributed by atoms with Crippen molar-refractivity contribution in [2.75, 3.05) is 41.0 Å². The van der Waals surface area contributed by atoms with Gasteiger partial charge in [-0.15, -0.1) is 0 Å². The lowest BCUT2D eigenvalue weighted by atomic mass is 9.90. The molecule has 5 rings (SSSR count). The van der Waals surface area contributed by atoms with Crippen LogP contribution in [0.2, 0.25) is 0 Å². The standard InChI is InChI=1S/C32H37N3O4/c1-37-25-13-14-31(39-3)27(20-25)29-21-28(26-11-7-8-12-30(26)38-2)33-35(29)32(36)22-34-17-15-24(16-18-34)19-23-9-5-4-6-10-23/h4-14,20,24,29H,15-19,21-22H2,1-3H3/t29-/m1/s1. The molecule has 0 saturated carbocycles. The van der Waals surface area contributed by atoms with Crippen LogP contribution in [-0.4, -0.2) is 62.5 Å². The average molecular weight is 528 g/mol. The van der Waals surface area contributed by atoms with Crippen molar-refractivity contribution in [3.8, 4) is 17.2 Å². The van der Waals surface area contributed by atoms with Gasteiger partial charge in [0.05, 0.1) is 39.6 Å². The molecule has 1 saturated heterocycles. The summed E-state index contributed by atoms with van der Waals surface area (Å²) in [5.41, 5.74) is 3.97. The van der Waals surface area contributed by atoms with Crippen molar-refractivity contribution in [2.45, 2.75) is 31.7 Å². The Bertz CT molecular complexity index is 1300. The second-order valence-corrected chi connectivity index (χ2v) is 10.2. The number of nitrogens with zero attached hydrogens (tertiary/aromatic N) is 3. The molecule has 1 fully saturated rings. The quantitative estimate of drug-likeness (QED) is 0.376. The van der Waals surface area contributed by atoms with E-state index in [9.17, 15) is 4.79 Å². The summed E-state index contributed by atoms with van der Waals surface area (Å²) < 4.78 is 16.8. The molecule has 7 heteroatoms. The van der Waals surface area contributed by atoms with E-state index in [0.717, 1.165) is 54.9 Å². The number of methoxy groups -OCH3 is 3. The third-order valence-corrected chi connectivity index (χ3v) is 7.81. The number of amides is 1. The average Bonchev–Trinajstić information content (AvgIpc) is 3.44. The molecule has 3 aromatic rings. The van der Waals surface area contributed by atoms with Gasteiger partial charge in [-0.2, -0.15) is 5.10 Å². The van der Waals surface area contributed by atoms with Crippen LogP contribution in [0.15, 0.2) is 77.9 Å². The fourth-order valence-electron chi connectivity index (χ4n) is 5.69. The van der Waals surface area contributed by atoms with E-state index < -0.39 is 0 Å². The fraction of sp³-hybridized carbons (Fsp3) is 0.375. The first-order valence-electron chi connectivity index (χ1n) is 13.6. The highest BCUT2D eigenvalue weighted by Gasteiger charge is 2.36. The minimum absolute atomic E-state index is 0.0173. The predicted molar refractivity (Wildman–Crippen MR) is 153 cm³/mol. The Morgan fingerprint density at radius 2 is 1.59 bits per heavy atom. The minimum atomic E-state index is -0.307. The van der Waals surface area contributed by atoms with E-state index in [1.54, 1.807) is 26.3 Å². The van der Waals surface area contributed by atoms with Crippen LogP contribution >= 0.6 is 0 Å². The zero-order chi connectivity index (χ0) is 27.2. The zero-order valence-corrected chi connectivity index (χ0v) is 23.0. The third-order valence-electron chi connectivity index (χ3n) is 7.81. The molecular formula is C32H37N3O4. The second-order valence-electron chi connectivity index (χ2n) is 10.2. The zero-order valence-electron chi connectivity index (χ0n) is 23.0. The molecule has 0 aliphatic carbocycles. The van der Waals surface area contributed by atoms with Gasteiger partial charge in [0.15, 0.2) is 0 Å². The maximum absolute atomic E-state index is 13.8. The van der Waals surface area contributed by atoms with Gasteiger partial charge < -0.3 is 14.2 Å². The highest BCUT2D eigenvalue weighted by atomic mass is 16.5.